The third kappa shape index (κ3) is 2.27. The van der Waals surface area contributed by atoms with Crippen LogP contribution in [-0.4, -0.2) is 28.7 Å². The summed E-state index contributed by atoms with van der Waals surface area (Å²) >= 11 is 0. The Labute approximate surface area is 122 Å². The molecule has 0 heterocycles. The van der Waals surface area contributed by atoms with Gasteiger partial charge >= 0.3 is 0 Å². The van der Waals surface area contributed by atoms with Gasteiger partial charge in [0, 0.05) is 0 Å². The van der Waals surface area contributed by atoms with Crippen molar-refractivity contribution in [1.82, 2.24) is 5.06 Å². The summed E-state index contributed by atoms with van der Waals surface area (Å²) in [5.74, 6) is 2.31. The Hall–Kier alpha value is -0.610. The molecule has 114 valence electrons. The first-order valence-corrected chi connectivity index (χ1v) is 8.10. The Morgan fingerprint density at radius 1 is 1.20 bits per heavy atom. The van der Waals surface area contributed by atoms with Crippen LogP contribution in [0.2, 0.25) is 0 Å². The van der Waals surface area contributed by atoms with Crippen molar-refractivity contribution in [2.45, 2.75) is 70.4 Å². The summed E-state index contributed by atoms with van der Waals surface area (Å²) in [6, 6.07) is 0. The largest absolute Gasteiger partial charge is 0.318 e. The molecule has 4 rings (SSSR count). The quantitative estimate of drug-likeness (QED) is 0.805. The van der Waals surface area contributed by atoms with Crippen LogP contribution in [0, 0.1) is 17.8 Å². The summed E-state index contributed by atoms with van der Waals surface area (Å²) in [5, 5.41) is 1.71. The number of carbonyl (C=O) groups excluding carboxylic acids is 1. The monoisotopic (exact) mass is 280 g/mol. The van der Waals surface area contributed by atoms with Gasteiger partial charge in [0.2, 0.25) is 0 Å². The number of rotatable bonds is 4. The van der Waals surface area contributed by atoms with Crippen LogP contribution < -0.4 is 5.73 Å². The standard InChI is InChI=1S/C16H28N2O2/c1-4-20-18(14(19)15(2,3)17)16-8-11-5-12(9-16)7-13(6-11)10-16/h11-13H,4-10,17H2,1-3H3. The molecule has 4 nitrogen and oxygen atoms in total. The number of nitrogens with zero attached hydrogens (tertiary/aromatic N) is 1. The minimum Gasteiger partial charge on any atom is -0.318 e. The van der Waals surface area contributed by atoms with Crippen molar-refractivity contribution in [3.63, 3.8) is 0 Å². The number of hydroxylamine groups is 2. The molecule has 4 saturated carbocycles. The molecule has 4 fully saturated rings. The predicted molar refractivity (Wildman–Crippen MR) is 77.6 cm³/mol. The number of hydrogen-bond acceptors (Lipinski definition) is 3. The van der Waals surface area contributed by atoms with Crippen molar-refractivity contribution < 1.29 is 9.63 Å². The number of carbonyl (C=O) groups is 1. The molecular weight excluding hydrogens is 252 g/mol. The molecule has 4 aliphatic carbocycles. The smallest absolute Gasteiger partial charge is 0.266 e. The number of hydrogen-bond donors (Lipinski definition) is 1. The zero-order chi connectivity index (χ0) is 14.5. The topological polar surface area (TPSA) is 55.6 Å². The van der Waals surface area contributed by atoms with Crippen LogP contribution >= 0.6 is 0 Å². The maximum Gasteiger partial charge on any atom is 0.266 e. The molecule has 0 radical (unpaired) electrons. The van der Waals surface area contributed by atoms with Gasteiger partial charge in [0.25, 0.3) is 5.91 Å². The lowest BCUT2D eigenvalue weighted by Gasteiger charge is -2.59. The summed E-state index contributed by atoms with van der Waals surface area (Å²) in [6.45, 7) is 6.04. The Bertz CT molecular complexity index is 364. The molecule has 0 aromatic rings. The molecule has 0 aromatic carbocycles. The molecule has 0 saturated heterocycles. The molecular formula is C16H28N2O2. The summed E-state index contributed by atoms with van der Waals surface area (Å²) < 4.78 is 0. The van der Waals surface area contributed by atoms with Crippen molar-refractivity contribution in [2.24, 2.45) is 23.5 Å². The van der Waals surface area contributed by atoms with Gasteiger partial charge in [-0.25, -0.2) is 5.06 Å². The van der Waals surface area contributed by atoms with E-state index >= 15 is 0 Å². The lowest BCUT2D eigenvalue weighted by molar-refractivity contribution is -0.253. The maximum absolute atomic E-state index is 12.7. The van der Waals surface area contributed by atoms with Gasteiger partial charge in [-0.05, 0) is 77.0 Å². The third-order valence-corrected chi connectivity index (χ3v) is 5.43. The molecule has 4 heteroatoms. The minimum absolute atomic E-state index is 0.0544. The summed E-state index contributed by atoms with van der Waals surface area (Å²) in [6.07, 6.45) is 7.42. The Kier molecular flexibility index (Phi) is 3.37. The predicted octanol–water partition coefficient (Wildman–Crippen LogP) is 2.47. The molecule has 0 spiro atoms. The molecule has 20 heavy (non-hydrogen) atoms. The van der Waals surface area contributed by atoms with Gasteiger partial charge in [-0.3, -0.25) is 9.63 Å². The van der Waals surface area contributed by atoms with Crippen LogP contribution in [0.5, 0.6) is 0 Å². The van der Waals surface area contributed by atoms with Gasteiger partial charge in [-0.2, -0.15) is 0 Å². The fourth-order valence-electron chi connectivity index (χ4n) is 5.12. The van der Waals surface area contributed by atoms with Crippen LogP contribution in [0.4, 0.5) is 0 Å². The van der Waals surface area contributed by atoms with Crippen molar-refractivity contribution in [3.8, 4) is 0 Å². The lowest BCUT2D eigenvalue weighted by Crippen LogP contribution is -2.65. The first-order chi connectivity index (χ1) is 9.34. The van der Waals surface area contributed by atoms with E-state index in [-0.39, 0.29) is 11.4 Å². The molecule has 0 atom stereocenters. The molecule has 0 aliphatic heterocycles. The molecule has 4 aliphatic rings. The minimum atomic E-state index is -0.863. The van der Waals surface area contributed by atoms with Crippen LogP contribution in [0.3, 0.4) is 0 Å². The van der Waals surface area contributed by atoms with E-state index in [2.05, 4.69) is 0 Å². The highest BCUT2D eigenvalue weighted by Crippen LogP contribution is 2.58. The Morgan fingerprint density at radius 2 is 1.65 bits per heavy atom. The zero-order valence-electron chi connectivity index (χ0n) is 13.0. The van der Waals surface area contributed by atoms with Crippen molar-refractivity contribution in [1.29, 1.82) is 0 Å². The normalized spacial score (nSPS) is 39.1. The van der Waals surface area contributed by atoms with Crippen LogP contribution in [0.25, 0.3) is 0 Å². The number of nitrogens with two attached hydrogens (primary N) is 1. The highest BCUT2D eigenvalue weighted by Gasteiger charge is 2.56. The highest BCUT2D eigenvalue weighted by atomic mass is 16.7. The SMILES string of the molecule is CCON(C(=O)C(C)(C)N)C12CC3CC(CC(C3)C1)C2. The second-order valence-electron chi connectivity index (χ2n) is 7.88. The summed E-state index contributed by atoms with van der Waals surface area (Å²) in [5.41, 5.74) is 5.12. The van der Waals surface area contributed by atoms with E-state index < -0.39 is 5.54 Å². The van der Waals surface area contributed by atoms with Gasteiger partial charge in [-0.15, -0.1) is 0 Å². The van der Waals surface area contributed by atoms with E-state index in [9.17, 15) is 4.79 Å². The van der Waals surface area contributed by atoms with Crippen LogP contribution in [0.15, 0.2) is 0 Å². The summed E-state index contributed by atoms with van der Waals surface area (Å²) in [4.78, 5) is 18.6. The van der Waals surface area contributed by atoms with Crippen LogP contribution in [0.1, 0.15) is 59.3 Å². The van der Waals surface area contributed by atoms with Gasteiger partial charge < -0.3 is 5.73 Å². The van der Waals surface area contributed by atoms with E-state index in [4.69, 9.17) is 10.6 Å². The van der Waals surface area contributed by atoms with Crippen molar-refractivity contribution >= 4 is 5.91 Å². The van der Waals surface area contributed by atoms with Gasteiger partial charge in [-0.1, -0.05) is 0 Å². The fourth-order valence-corrected chi connectivity index (χ4v) is 5.12. The van der Waals surface area contributed by atoms with Crippen LogP contribution in [-0.2, 0) is 9.63 Å². The van der Waals surface area contributed by atoms with Crippen molar-refractivity contribution in [3.05, 3.63) is 0 Å². The lowest BCUT2D eigenvalue weighted by atomic mass is 9.52. The molecule has 4 bridgehead atoms. The first kappa shape index (κ1) is 14.3. The maximum atomic E-state index is 12.7. The Morgan fingerprint density at radius 3 is 2.00 bits per heavy atom. The third-order valence-electron chi connectivity index (χ3n) is 5.43. The average molecular weight is 280 g/mol. The van der Waals surface area contributed by atoms with Gasteiger partial charge in [0.05, 0.1) is 17.7 Å². The van der Waals surface area contributed by atoms with Gasteiger partial charge in [0.1, 0.15) is 0 Å². The van der Waals surface area contributed by atoms with E-state index in [0.717, 1.165) is 37.0 Å². The summed E-state index contributed by atoms with van der Waals surface area (Å²) in [7, 11) is 0. The number of amides is 1. The molecule has 1 amide bonds. The van der Waals surface area contributed by atoms with E-state index in [1.807, 2.05) is 6.92 Å². The second kappa shape index (κ2) is 4.70. The van der Waals surface area contributed by atoms with Gasteiger partial charge in [0.15, 0.2) is 0 Å². The Balaban J connectivity index is 1.89. The molecule has 0 aromatic heterocycles. The first-order valence-electron chi connectivity index (χ1n) is 8.10. The van der Waals surface area contributed by atoms with E-state index in [0.29, 0.717) is 6.61 Å². The van der Waals surface area contributed by atoms with E-state index in [1.54, 1.807) is 18.9 Å². The highest BCUT2D eigenvalue weighted by molar-refractivity contribution is 5.85. The second-order valence-corrected chi connectivity index (χ2v) is 7.88. The fraction of sp³-hybridized carbons (Fsp3) is 0.938. The average Bonchev–Trinajstić information content (AvgIpc) is 2.32. The van der Waals surface area contributed by atoms with Crippen molar-refractivity contribution in [2.75, 3.05) is 6.61 Å². The zero-order valence-corrected chi connectivity index (χ0v) is 13.0. The molecule has 0 unspecified atom stereocenters. The van der Waals surface area contributed by atoms with E-state index in [1.165, 1.54) is 19.3 Å². The molecule has 2 N–H and O–H groups in total.